The van der Waals surface area contributed by atoms with E-state index in [0.29, 0.717) is 0 Å². The van der Waals surface area contributed by atoms with Crippen LogP contribution in [0.25, 0.3) is 16.5 Å². The summed E-state index contributed by atoms with van der Waals surface area (Å²) in [5, 5.41) is 1.07. The van der Waals surface area contributed by atoms with Crippen molar-refractivity contribution in [1.29, 1.82) is 0 Å². The predicted octanol–water partition coefficient (Wildman–Crippen LogP) is 4.14. The number of rotatable bonds is 3. The minimum atomic E-state index is 0.803. The fraction of sp³-hybridized carbons (Fsp3) is 0.333. The van der Waals surface area contributed by atoms with Crippen LogP contribution in [-0.4, -0.2) is 19.9 Å². The molecular formula is C21H20N4. The van der Waals surface area contributed by atoms with Crippen LogP contribution < -0.4 is 0 Å². The van der Waals surface area contributed by atoms with Gasteiger partial charge in [0.1, 0.15) is 12.2 Å². The van der Waals surface area contributed by atoms with Crippen LogP contribution in [0.15, 0.2) is 43.0 Å². The summed E-state index contributed by atoms with van der Waals surface area (Å²) in [6.45, 7) is 0. The van der Waals surface area contributed by atoms with Gasteiger partial charge in [0.2, 0.25) is 0 Å². The first-order valence-corrected chi connectivity index (χ1v) is 9.12. The van der Waals surface area contributed by atoms with Crippen LogP contribution in [-0.2, 0) is 12.8 Å². The molecule has 4 nitrogen and oxygen atoms in total. The molecule has 124 valence electrons. The molecule has 2 heterocycles. The molecule has 0 atom stereocenters. The lowest BCUT2D eigenvalue weighted by Gasteiger charge is -2.25. The molecule has 0 N–H and O–H groups in total. The molecule has 3 aromatic rings. The lowest BCUT2D eigenvalue weighted by Crippen LogP contribution is -2.17. The molecule has 2 aromatic heterocycles. The Kier molecular flexibility index (Phi) is 3.54. The van der Waals surface area contributed by atoms with Crippen LogP contribution in [0.5, 0.6) is 0 Å². The Labute approximate surface area is 147 Å². The predicted molar refractivity (Wildman–Crippen MR) is 98.0 cm³/mol. The Morgan fingerprint density at radius 1 is 1.08 bits per heavy atom. The van der Waals surface area contributed by atoms with E-state index in [1.807, 2.05) is 12.4 Å². The summed E-state index contributed by atoms with van der Waals surface area (Å²) in [4.78, 5) is 18.0. The summed E-state index contributed by atoms with van der Waals surface area (Å²) >= 11 is 0. The Hall–Kier alpha value is -2.62. The van der Waals surface area contributed by atoms with Crippen LogP contribution in [0, 0.1) is 5.92 Å². The highest BCUT2D eigenvalue weighted by molar-refractivity contribution is 5.88. The Morgan fingerprint density at radius 3 is 2.92 bits per heavy atom. The number of aromatic nitrogens is 4. The van der Waals surface area contributed by atoms with Crippen LogP contribution in [0.2, 0.25) is 0 Å². The van der Waals surface area contributed by atoms with Crippen molar-refractivity contribution in [2.24, 2.45) is 5.92 Å². The van der Waals surface area contributed by atoms with Crippen molar-refractivity contribution in [2.45, 2.75) is 38.5 Å². The second-order valence-electron chi connectivity index (χ2n) is 7.10. The van der Waals surface area contributed by atoms with Crippen molar-refractivity contribution in [3.05, 3.63) is 65.6 Å². The number of benzene rings is 1. The normalized spacial score (nSPS) is 17.0. The number of hydrogen-bond acceptors (Lipinski definition) is 4. The van der Waals surface area contributed by atoms with E-state index >= 15 is 0 Å². The van der Waals surface area contributed by atoms with Gasteiger partial charge in [-0.25, -0.2) is 19.9 Å². The molecule has 2 aliphatic rings. The summed E-state index contributed by atoms with van der Waals surface area (Å²) in [6.07, 6.45) is 14.9. The summed E-state index contributed by atoms with van der Waals surface area (Å²) in [5.41, 5.74) is 5.79. The van der Waals surface area contributed by atoms with Crippen molar-refractivity contribution in [3.8, 4) is 0 Å². The molecule has 0 saturated heterocycles. The quantitative estimate of drug-likeness (QED) is 0.725. The zero-order chi connectivity index (χ0) is 16.6. The van der Waals surface area contributed by atoms with Crippen LogP contribution >= 0.6 is 0 Å². The molecule has 0 aliphatic heterocycles. The van der Waals surface area contributed by atoms with Gasteiger partial charge in [0.25, 0.3) is 0 Å². The van der Waals surface area contributed by atoms with E-state index in [2.05, 4.69) is 39.2 Å². The first-order chi connectivity index (χ1) is 12.4. The van der Waals surface area contributed by atoms with Crippen LogP contribution in [0.3, 0.4) is 0 Å². The fourth-order valence-corrected chi connectivity index (χ4v) is 3.82. The average molecular weight is 328 g/mol. The third-order valence-electron chi connectivity index (χ3n) is 5.45. The lowest BCUT2D eigenvalue weighted by molar-refractivity contribution is 0.309. The molecule has 1 aromatic carbocycles. The number of allylic oxidation sites excluding steroid dienone is 1. The van der Waals surface area contributed by atoms with E-state index in [9.17, 15) is 0 Å². The standard InChI is InChI=1S/C21H20N4/c1-3-14(4-1)9-21-23-12-18-17(5-2-6-20(18)25-21)15-7-8-19-16(10-15)11-22-13-24-19/h5,7-8,10-14H,1-4,6,9H2. The third-order valence-corrected chi connectivity index (χ3v) is 5.45. The maximum Gasteiger partial charge on any atom is 0.128 e. The zero-order valence-electron chi connectivity index (χ0n) is 14.2. The molecule has 4 heteroatoms. The van der Waals surface area contributed by atoms with Gasteiger partial charge in [0, 0.05) is 29.8 Å². The maximum absolute atomic E-state index is 4.90. The van der Waals surface area contributed by atoms with E-state index in [1.54, 1.807) is 6.33 Å². The van der Waals surface area contributed by atoms with E-state index in [0.717, 1.165) is 41.9 Å². The fourth-order valence-electron chi connectivity index (χ4n) is 3.82. The van der Waals surface area contributed by atoms with Crippen molar-refractivity contribution in [1.82, 2.24) is 19.9 Å². The van der Waals surface area contributed by atoms with Gasteiger partial charge in [-0.2, -0.15) is 0 Å². The van der Waals surface area contributed by atoms with Gasteiger partial charge in [0.15, 0.2) is 0 Å². The Morgan fingerprint density at radius 2 is 2.04 bits per heavy atom. The zero-order valence-corrected chi connectivity index (χ0v) is 14.2. The molecule has 2 aliphatic carbocycles. The molecule has 1 saturated carbocycles. The molecule has 1 fully saturated rings. The highest BCUT2D eigenvalue weighted by Gasteiger charge is 2.21. The molecule has 25 heavy (non-hydrogen) atoms. The average Bonchev–Trinajstić information content (AvgIpc) is 2.63. The molecule has 0 unspecified atom stereocenters. The summed E-state index contributed by atoms with van der Waals surface area (Å²) in [6, 6.07) is 6.37. The van der Waals surface area contributed by atoms with E-state index in [-0.39, 0.29) is 0 Å². The molecule has 0 amide bonds. The second-order valence-corrected chi connectivity index (χ2v) is 7.10. The Balaban J connectivity index is 1.51. The van der Waals surface area contributed by atoms with Gasteiger partial charge in [-0.15, -0.1) is 0 Å². The number of nitrogens with zero attached hydrogens (tertiary/aromatic N) is 4. The second kappa shape index (κ2) is 6.03. The van der Waals surface area contributed by atoms with Crippen LogP contribution in [0.1, 0.15) is 48.3 Å². The van der Waals surface area contributed by atoms with Crippen molar-refractivity contribution in [2.75, 3.05) is 0 Å². The van der Waals surface area contributed by atoms with Crippen molar-refractivity contribution >= 4 is 16.5 Å². The molecule has 0 radical (unpaired) electrons. The SMILES string of the molecule is C1=C(c2ccc3ncncc3c2)c2cnc(CC3CCC3)nc2CC1. The summed E-state index contributed by atoms with van der Waals surface area (Å²) in [7, 11) is 0. The molecule has 0 spiro atoms. The highest BCUT2D eigenvalue weighted by atomic mass is 14.9. The van der Waals surface area contributed by atoms with Gasteiger partial charge < -0.3 is 0 Å². The largest absolute Gasteiger partial charge is 0.244 e. The summed E-state index contributed by atoms with van der Waals surface area (Å²) < 4.78 is 0. The first-order valence-electron chi connectivity index (χ1n) is 9.12. The monoisotopic (exact) mass is 328 g/mol. The minimum absolute atomic E-state index is 0.803. The molecule has 5 rings (SSSR count). The van der Waals surface area contributed by atoms with Gasteiger partial charge >= 0.3 is 0 Å². The lowest BCUT2D eigenvalue weighted by atomic mass is 9.82. The first kappa shape index (κ1) is 14.7. The van der Waals surface area contributed by atoms with Gasteiger partial charge in [-0.1, -0.05) is 31.4 Å². The Bertz CT molecular complexity index is 973. The van der Waals surface area contributed by atoms with Crippen molar-refractivity contribution in [3.63, 3.8) is 0 Å². The van der Waals surface area contributed by atoms with Gasteiger partial charge in [-0.3, -0.25) is 0 Å². The van der Waals surface area contributed by atoms with Crippen LogP contribution in [0.4, 0.5) is 0 Å². The maximum atomic E-state index is 4.90. The summed E-state index contributed by atoms with van der Waals surface area (Å²) in [5.74, 6) is 1.83. The number of aryl methyl sites for hydroxylation is 1. The number of hydrogen-bond donors (Lipinski definition) is 0. The van der Waals surface area contributed by atoms with Gasteiger partial charge in [-0.05, 0) is 42.0 Å². The highest BCUT2D eigenvalue weighted by Crippen LogP contribution is 2.33. The minimum Gasteiger partial charge on any atom is -0.244 e. The third kappa shape index (κ3) is 2.72. The van der Waals surface area contributed by atoms with Crippen molar-refractivity contribution < 1.29 is 0 Å². The number of fused-ring (bicyclic) bond motifs is 2. The topological polar surface area (TPSA) is 51.6 Å². The van der Waals surface area contributed by atoms with E-state index < -0.39 is 0 Å². The molecule has 0 bridgehead atoms. The van der Waals surface area contributed by atoms with Gasteiger partial charge in [0.05, 0.1) is 11.2 Å². The van der Waals surface area contributed by atoms with E-state index in [1.165, 1.54) is 41.7 Å². The molecular weight excluding hydrogens is 308 g/mol. The van der Waals surface area contributed by atoms with E-state index in [4.69, 9.17) is 4.98 Å². The smallest absolute Gasteiger partial charge is 0.128 e.